The summed E-state index contributed by atoms with van der Waals surface area (Å²) in [5, 5.41) is 5.35. The summed E-state index contributed by atoms with van der Waals surface area (Å²) in [6.45, 7) is 0.918. The first kappa shape index (κ1) is 21.8. The van der Waals surface area contributed by atoms with E-state index in [0.29, 0.717) is 19.5 Å². The van der Waals surface area contributed by atoms with Gasteiger partial charge in [0.25, 0.3) is 0 Å². The van der Waals surface area contributed by atoms with Crippen LogP contribution in [0.25, 0.3) is 0 Å². The molecule has 3 atom stereocenters. The number of hydrogen-bond acceptors (Lipinski definition) is 3. The van der Waals surface area contributed by atoms with Crippen LogP contribution in [-0.4, -0.2) is 55.7 Å². The Morgan fingerprint density at radius 1 is 1.26 bits per heavy atom. The van der Waals surface area contributed by atoms with Gasteiger partial charge in [0.2, 0.25) is 5.91 Å². The molecule has 1 aliphatic heterocycles. The number of alkyl halides is 3. The molecule has 1 aromatic rings. The molecular weight excluding hydrogens is 393 g/mol. The highest BCUT2D eigenvalue weighted by atomic mass is 35.5. The molecule has 2 fully saturated rings. The van der Waals surface area contributed by atoms with Crippen molar-refractivity contribution in [3.63, 3.8) is 0 Å². The lowest BCUT2D eigenvalue weighted by atomic mass is 10.1. The minimum atomic E-state index is -4.45. The van der Waals surface area contributed by atoms with Gasteiger partial charge in [-0.2, -0.15) is 13.2 Å². The lowest BCUT2D eigenvalue weighted by Crippen LogP contribution is -2.57. The first-order valence-electron chi connectivity index (χ1n) is 8.51. The van der Waals surface area contributed by atoms with Gasteiger partial charge < -0.3 is 10.6 Å². The Labute approximate surface area is 159 Å². The number of benzene rings is 1. The zero-order valence-electron chi connectivity index (χ0n) is 14.4. The molecule has 3 rings (SSSR count). The second-order valence-corrected chi connectivity index (χ2v) is 6.70. The van der Waals surface area contributed by atoms with Gasteiger partial charge in [0.15, 0.2) is 0 Å². The number of amides is 1. The topological polar surface area (TPSA) is 44.4 Å². The smallest absolute Gasteiger partial charge is 0.354 e. The van der Waals surface area contributed by atoms with Crippen molar-refractivity contribution in [3.05, 3.63) is 35.4 Å². The van der Waals surface area contributed by atoms with E-state index in [1.54, 1.807) is 0 Å². The number of carbonyl (C=O) groups is 1. The largest absolute Gasteiger partial charge is 0.405 e. The zero-order valence-corrected chi connectivity index (χ0v) is 15.2. The summed E-state index contributed by atoms with van der Waals surface area (Å²) >= 11 is 0. The van der Waals surface area contributed by atoms with Crippen molar-refractivity contribution in [1.29, 1.82) is 0 Å². The number of piperazine rings is 1. The van der Waals surface area contributed by atoms with Crippen LogP contribution in [0.15, 0.2) is 18.2 Å². The predicted molar refractivity (Wildman–Crippen MR) is 91.7 cm³/mol. The minimum absolute atomic E-state index is 0. The Morgan fingerprint density at radius 2 is 1.93 bits per heavy atom. The Kier molecular flexibility index (Phi) is 7.04. The van der Waals surface area contributed by atoms with E-state index in [-0.39, 0.29) is 31.1 Å². The molecule has 0 spiro atoms. The molecule has 0 radical (unpaired) electrons. The molecule has 2 aliphatic rings. The number of nitrogens with one attached hydrogen (secondary N) is 2. The van der Waals surface area contributed by atoms with Gasteiger partial charge >= 0.3 is 6.18 Å². The van der Waals surface area contributed by atoms with Gasteiger partial charge in [0, 0.05) is 44.7 Å². The highest BCUT2D eigenvalue weighted by Gasteiger charge is 2.47. The van der Waals surface area contributed by atoms with Gasteiger partial charge in [0.1, 0.15) is 17.7 Å². The van der Waals surface area contributed by atoms with E-state index in [0.717, 1.165) is 12.1 Å². The van der Waals surface area contributed by atoms with Crippen LogP contribution in [0.2, 0.25) is 0 Å². The Morgan fingerprint density at radius 3 is 2.52 bits per heavy atom. The molecule has 27 heavy (non-hydrogen) atoms. The minimum Gasteiger partial charge on any atom is -0.354 e. The molecule has 1 aliphatic carbocycles. The van der Waals surface area contributed by atoms with Gasteiger partial charge in [-0.1, -0.05) is 6.07 Å². The van der Waals surface area contributed by atoms with Crippen molar-refractivity contribution in [3.8, 4) is 0 Å². The number of rotatable bonds is 5. The van der Waals surface area contributed by atoms with Gasteiger partial charge in [-0.25, -0.2) is 8.78 Å². The van der Waals surface area contributed by atoms with E-state index in [1.165, 1.54) is 11.0 Å². The average Bonchev–Trinajstić information content (AvgIpc) is 3.35. The highest BCUT2D eigenvalue weighted by Crippen LogP contribution is 2.48. The third-order valence-electron chi connectivity index (χ3n) is 4.93. The van der Waals surface area contributed by atoms with Gasteiger partial charge in [0.05, 0.1) is 0 Å². The van der Waals surface area contributed by atoms with Crippen LogP contribution in [0.4, 0.5) is 22.0 Å². The molecule has 10 heteroatoms. The summed E-state index contributed by atoms with van der Waals surface area (Å²) in [6.07, 6.45) is -4.10. The maximum atomic E-state index is 13.8. The quantitative estimate of drug-likeness (QED) is 0.729. The van der Waals surface area contributed by atoms with E-state index in [9.17, 15) is 26.7 Å². The summed E-state index contributed by atoms with van der Waals surface area (Å²) in [5.74, 6) is -2.97. The lowest BCUT2D eigenvalue weighted by molar-refractivity contribution is -0.184. The summed E-state index contributed by atoms with van der Waals surface area (Å²) in [7, 11) is 0. The molecule has 0 bridgehead atoms. The molecule has 152 valence electrons. The summed E-state index contributed by atoms with van der Waals surface area (Å²) < 4.78 is 66.6. The van der Waals surface area contributed by atoms with Crippen LogP contribution in [0.3, 0.4) is 0 Å². The summed E-state index contributed by atoms with van der Waals surface area (Å²) in [4.78, 5) is 13.5. The first-order valence-corrected chi connectivity index (χ1v) is 8.51. The molecular formula is C17H21ClF5N3O. The monoisotopic (exact) mass is 413 g/mol. The van der Waals surface area contributed by atoms with Gasteiger partial charge in [-0.15, -0.1) is 12.4 Å². The second-order valence-electron chi connectivity index (χ2n) is 6.70. The molecule has 1 aromatic carbocycles. The standard InChI is InChI=1S/C17H20F5N3O.ClH/c18-10-1-2-11(14(19)7-10)12-8-13(12)16(26)24-9-15(17(20,21)22)25-5-3-23-4-6-25;/h1-2,7,12-13,15,23H,3-6,8-9H2,(H,24,26);1H. The Balaban J connectivity index is 0.00000261. The molecule has 2 N–H and O–H groups in total. The first-order chi connectivity index (χ1) is 12.3. The van der Waals surface area contributed by atoms with Crippen LogP contribution in [0.5, 0.6) is 0 Å². The maximum absolute atomic E-state index is 13.8. The number of hydrogen-bond donors (Lipinski definition) is 2. The number of nitrogens with zero attached hydrogens (tertiary/aromatic N) is 1. The molecule has 1 amide bonds. The Bertz CT molecular complexity index is 666. The molecule has 1 saturated carbocycles. The lowest BCUT2D eigenvalue weighted by Gasteiger charge is -2.35. The van der Waals surface area contributed by atoms with Gasteiger partial charge in [-0.05, 0) is 24.0 Å². The van der Waals surface area contributed by atoms with Crippen LogP contribution < -0.4 is 10.6 Å². The second kappa shape index (κ2) is 8.70. The SMILES string of the molecule is Cl.O=C(NCC(N1CCNCC1)C(F)(F)F)C1CC1c1ccc(F)cc1F. The number of carbonyl (C=O) groups excluding carboxylic acids is 1. The normalized spacial score (nSPS) is 24.0. The van der Waals surface area contributed by atoms with Crippen molar-refractivity contribution in [2.24, 2.45) is 5.92 Å². The van der Waals surface area contributed by atoms with E-state index < -0.39 is 48.1 Å². The fraction of sp³-hybridized carbons (Fsp3) is 0.588. The fourth-order valence-electron chi connectivity index (χ4n) is 3.40. The van der Waals surface area contributed by atoms with Gasteiger partial charge in [-0.3, -0.25) is 9.69 Å². The van der Waals surface area contributed by atoms with E-state index in [1.807, 2.05) is 0 Å². The maximum Gasteiger partial charge on any atom is 0.405 e. The van der Waals surface area contributed by atoms with Crippen molar-refractivity contribution >= 4 is 18.3 Å². The van der Waals surface area contributed by atoms with Crippen LogP contribution in [0, 0.1) is 17.6 Å². The Hall–Kier alpha value is -1.45. The van der Waals surface area contributed by atoms with E-state index in [4.69, 9.17) is 0 Å². The van der Waals surface area contributed by atoms with Crippen molar-refractivity contribution in [1.82, 2.24) is 15.5 Å². The van der Waals surface area contributed by atoms with Crippen LogP contribution in [-0.2, 0) is 4.79 Å². The van der Waals surface area contributed by atoms with Crippen molar-refractivity contribution in [2.75, 3.05) is 32.7 Å². The third-order valence-corrected chi connectivity index (χ3v) is 4.93. The van der Waals surface area contributed by atoms with E-state index >= 15 is 0 Å². The highest BCUT2D eigenvalue weighted by molar-refractivity contribution is 5.85. The molecule has 1 saturated heterocycles. The van der Waals surface area contributed by atoms with E-state index in [2.05, 4.69) is 10.6 Å². The van der Waals surface area contributed by atoms with Crippen LogP contribution in [0.1, 0.15) is 17.9 Å². The van der Waals surface area contributed by atoms with Crippen molar-refractivity contribution in [2.45, 2.75) is 24.6 Å². The van der Waals surface area contributed by atoms with Crippen molar-refractivity contribution < 1.29 is 26.7 Å². The zero-order chi connectivity index (χ0) is 18.9. The molecule has 4 nitrogen and oxygen atoms in total. The average molecular weight is 414 g/mol. The molecule has 1 heterocycles. The van der Waals surface area contributed by atoms with Crippen LogP contribution >= 0.6 is 12.4 Å². The third kappa shape index (κ3) is 5.30. The number of halogens is 6. The summed E-state index contributed by atoms with van der Waals surface area (Å²) in [6, 6.07) is 1.39. The molecule has 0 aromatic heterocycles. The summed E-state index contributed by atoms with van der Waals surface area (Å²) in [5.41, 5.74) is 0.223. The predicted octanol–water partition coefficient (Wildman–Crippen LogP) is 2.44. The molecule has 3 unspecified atom stereocenters. The fourth-order valence-corrected chi connectivity index (χ4v) is 3.40.